The second-order valence-electron chi connectivity index (χ2n) is 5.71. The van der Waals surface area contributed by atoms with Crippen molar-refractivity contribution in [1.82, 2.24) is 10.2 Å². The van der Waals surface area contributed by atoms with Crippen molar-refractivity contribution in [2.75, 3.05) is 37.6 Å². The number of urea groups is 1. The van der Waals surface area contributed by atoms with Crippen LogP contribution in [0.15, 0.2) is 24.3 Å². The molecule has 0 saturated carbocycles. The van der Waals surface area contributed by atoms with E-state index in [9.17, 15) is 4.79 Å². The molecule has 0 bridgehead atoms. The van der Waals surface area contributed by atoms with Gasteiger partial charge in [0.05, 0.1) is 11.6 Å². The van der Waals surface area contributed by atoms with Crippen LogP contribution in [0.3, 0.4) is 0 Å². The Balaban J connectivity index is 1.85. The van der Waals surface area contributed by atoms with Crippen LogP contribution in [0.25, 0.3) is 0 Å². The van der Waals surface area contributed by atoms with Gasteiger partial charge in [0.1, 0.15) is 0 Å². The Hall–Kier alpha value is -2.22. The molecule has 2 rings (SSSR count). The molecule has 1 N–H and O–H groups in total. The van der Waals surface area contributed by atoms with E-state index in [4.69, 9.17) is 5.26 Å². The van der Waals surface area contributed by atoms with Gasteiger partial charge >= 0.3 is 6.03 Å². The van der Waals surface area contributed by atoms with Crippen LogP contribution in [0.5, 0.6) is 0 Å². The van der Waals surface area contributed by atoms with Gasteiger partial charge in [0, 0.05) is 38.4 Å². The normalized spacial score (nSPS) is 15.0. The lowest BCUT2D eigenvalue weighted by molar-refractivity contribution is 0.193. The lowest BCUT2D eigenvalue weighted by atomic mass is 10.2. The Bertz CT molecular complexity index is 510. The second kappa shape index (κ2) is 6.98. The summed E-state index contributed by atoms with van der Waals surface area (Å²) in [5.74, 6) is 0.467. The summed E-state index contributed by atoms with van der Waals surface area (Å²) in [5.41, 5.74) is 1.78. The summed E-state index contributed by atoms with van der Waals surface area (Å²) in [6.07, 6.45) is 0. The number of nitrogens with one attached hydrogen (secondary N) is 1. The van der Waals surface area contributed by atoms with Crippen LogP contribution in [-0.2, 0) is 0 Å². The summed E-state index contributed by atoms with van der Waals surface area (Å²) in [6.45, 7) is 7.98. The van der Waals surface area contributed by atoms with Crippen molar-refractivity contribution in [3.05, 3.63) is 29.8 Å². The van der Waals surface area contributed by atoms with Gasteiger partial charge < -0.3 is 15.1 Å². The number of amides is 2. The molecule has 1 fully saturated rings. The number of rotatable bonds is 3. The molecular formula is C16H22N4O. The van der Waals surface area contributed by atoms with Crippen molar-refractivity contribution in [3.63, 3.8) is 0 Å². The van der Waals surface area contributed by atoms with Crippen molar-refractivity contribution < 1.29 is 4.79 Å². The van der Waals surface area contributed by atoms with Gasteiger partial charge in [-0.2, -0.15) is 5.26 Å². The molecule has 1 aliphatic rings. The highest BCUT2D eigenvalue weighted by Crippen LogP contribution is 2.17. The third-order valence-corrected chi connectivity index (χ3v) is 3.59. The van der Waals surface area contributed by atoms with Gasteiger partial charge in [0.15, 0.2) is 0 Å². The van der Waals surface area contributed by atoms with Crippen LogP contribution >= 0.6 is 0 Å². The third-order valence-electron chi connectivity index (χ3n) is 3.59. The summed E-state index contributed by atoms with van der Waals surface area (Å²) in [6, 6.07) is 9.74. The summed E-state index contributed by atoms with van der Waals surface area (Å²) in [7, 11) is 0. The van der Waals surface area contributed by atoms with Gasteiger partial charge in [-0.15, -0.1) is 0 Å². The molecule has 1 heterocycles. The van der Waals surface area contributed by atoms with E-state index in [0.717, 1.165) is 31.9 Å². The first kappa shape index (κ1) is 15.2. The SMILES string of the molecule is CC(C)CNC(=O)N1CCN(c2ccc(C#N)cc2)CC1. The van der Waals surface area contributed by atoms with E-state index in [1.54, 1.807) is 0 Å². The molecular weight excluding hydrogens is 264 g/mol. The molecule has 5 nitrogen and oxygen atoms in total. The number of hydrogen-bond donors (Lipinski definition) is 1. The van der Waals surface area contributed by atoms with Crippen LogP contribution in [0.1, 0.15) is 19.4 Å². The zero-order valence-electron chi connectivity index (χ0n) is 12.7. The Morgan fingerprint density at radius 2 is 1.86 bits per heavy atom. The first-order valence-electron chi connectivity index (χ1n) is 7.38. The van der Waals surface area contributed by atoms with Gasteiger partial charge in [-0.05, 0) is 30.2 Å². The van der Waals surface area contributed by atoms with E-state index >= 15 is 0 Å². The summed E-state index contributed by atoms with van der Waals surface area (Å²) in [5, 5.41) is 11.8. The summed E-state index contributed by atoms with van der Waals surface area (Å²) >= 11 is 0. The first-order chi connectivity index (χ1) is 10.1. The van der Waals surface area contributed by atoms with E-state index < -0.39 is 0 Å². The highest BCUT2D eigenvalue weighted by Gasteiger charge is 2.21. The largest absolute Gasteiger partial charge is 0.368 e. The molecule has 1 aliphatic heterocycles. The minimum atomic E-state index is 0.0307. The second-order valence-corrected chi connectivity index (χ2v) is 5.71. The monoisotopic (exact) mass is 286 g/mol. The molecule has 21 heavy (non-hydrogen) atoms. The van der Waals surface area contributed by atoms with Gasteiger partial charge in [-0.25, -0.2) is 4.79 Å². The van der Waals surface area contributed by atoms with Crippen LogP contribution in [0.2, 0.25) is 0 Å². The Labute approximate surface area is 126 Å². The maximum Gasteiger partial charge on any atom is 0.317 e. The molecule has 0 radical (unpaired) electrons. The third kappa shape index (κ3) is 4.12. The molecule has 2 amide bonds. The summed E-state index contributed by atoms with van der Waals surface area (Å²) < 4.78 is 0. The molecule has 1 aromatic rings. The highest BCUT2D eigenvalue weighted by atomic mass is 16.2. The zero-order valence-corrected chi connectivity index (χ0v) is 12.7. The van der Waals surface area contributed by atoms with Gasteiger partial charge in [-0.3, -0.25) is 0 Å². The minimum absolute atomic E-state index is 0.0307. The number of carbonyl (C=O) groups is 1. The first-order valence-corrected chi connectivity index (χ1v) is 7.38. The molecule has 0 spiro atoms. The number of nitriles is 1. The quantitative estimate of drug-likeness (QED) is 0.925. The molecule has 0 atom stereocenters. The average molecular weight is 286 g/mol. The van der Waals surface area contributed by atoms with Gasteiger partial charge in [0.2, 0.25) is 0 Å². The number of hydrogen-bond acceptors (Lipinski definition) is 3. The van der Waals surface area contributed by atoms with Crippen molar-refractivity contribution in [2.45, 2.75) is 13.8 Å². The zero-order chi connectivity index (χ0) is 15.2. The van der Waals surface area contributed by atoms with Crippen molar-refractivity contribution in [1.29, 1.82) is 5.26 Å². The average Bonchev–Trinajstić information content (AvgIpc) is 2.53. The standard InChI is InChI=1S/C16H22N4O/c1-13(2)12-18-16(21)20-9-7-19(8-10-20)15-5-3-14(11-17)4-6-15/h3-6,13H,7-10,12H2,1-2H3,(H,18,21). The van der Waals surface area contributed by atoms with Crippen LogP contribution in [0.4, 0.5) is 10.5 Å². The van der Waals surface area contributed by atoms with Gasteiger partial charge in [0.25, 0.3) is 0 Å². The van der Waals surface area contributed by atoms with Crippen molar-refractivity contribution in [2.24, 2.45) is 5.92 Å². The van der Waals surface area contributed by atoms with Crippen molar-refractivity contribution >= 4 is 11.7 Å². The Morgan fingerprint density at radius 3 is 2.38 bits per heavy atom. The predicted molar refractivity (Wildman–Crippen MR) is 83.2 cm³/mol. The topological polar surface area (TPSA) is 59.4 Å². The number of anilines is 1. The van der Waals surface area contributed by atoms with Crippen LogP contribution in [0, 0.1) is 17.2 Å². The smallest absolute Gasteiger partial charge is 0.317 e. The Kier molecular flexibility index (Phi) is 5.04. The fourth-order valence-electron chi connectivity index (χ4n) is 2.32. The van der Waals surface area contributed by atoms with Crippen molar-refractivity contribution in [3.8, 4) is 6.07 Å². The maximum absolute atomic E-state index is 12.0. The molecule has 112 valence electrons. The van der Waals surface area contributed by atoms with E-state index in [1.807, 2.05) is 29.2 Å². The minimum Gasteiger partial charge on any atom is -0.368 e. The highest BCUT2D eigenvalue weighted by molar-refractivity contribution is 5.74. The Morgan fingerprint density at radius 1 is 1.24 bits per heavy atom. The fourth-order valence-corrected chi connectivity index (χ4v) is 2.32. The lowest BCUT2D eigenvalue weighted by Gasteiger charge is -2.36. The maximum atomic E-state index is 12.0. The molecule has 0 aliphatic carbocycles. The van der Waals surface area contributed by atoms with Crippen LogP contribution in [-0.4, -0.2) is 43.7 Å². The molecule has 1 saturated heterocycles. The number of nitrogens with zero attached hydrogens (tertiary/aromatic N) is 3. The van der Waals surface area contributed by atoms with E-state index in [1.165, 1.54) is 0 Å². The lowest BCUT2D eigenvalue weighted by Crippen LogP contribution is -2.52. The number of piperazine rings is 1. The number of benzene rings is 1. The predicted octanol–water partition coefficient (Wildman–Crippen LogP) is 2.05. The van der Waals surface area contributed by atoms with Gasteiger partial charge in [-0.1, -0.05) is 13.8 Å². The molecule has 0 aromatic heterocycles. The number of carbonyl (C=O) groups excluding carboxylic acids is 1. The van der Waals surface area contributed by atoms with E-state index in [0.29, 0.717) is 18.0 Å². The molecule has 1 aromatic carbocycles. The summed E-state index contributed by atoms with van der Waals surface area (Å²) in [4.78, 5) is 16.1. The molecule has 0 unspecified atom stereocenters. The molecule has 5 heteroatoms. The fraction of sp³-hybridized carbons (Fsp3) is 0.500. The van der Waals surface area contributed by atoms with E-state index in [2.05, 4.69) is 30.1 Å². The van der Waals surface area contributed by atoms with E-state index in [-0.39, 0.29) is 6.03 Å². The van der Waals surface area contributed by atoms with Crippen LogP contribution < -0.4 is 10.2 Å².